The fourth-order valence-electron chi connectivity index (χ4n) is 3.22. The maximum atomic E-state index is 12.8. The molecule has 1 aliphatic rings. The molecule has 8 heteroatoms. The SMILES string of the molecule is Cc1cccc(-c2csc(N3CCN(S(=O)(=O)c4ccc(Br)cc4)CC3)n2)c1. The van der Waals surface area contributed by atoms with Gasteiger partial charge in [-0.15, -0.1) is 11.3 Å². The van der Waals surface area contributed by atoms with E-state index in [2.05, 4.69) is 51.3 Å². The number of aromatic nitrogens is 1. The number of aryl methyl sites for hydroxylation is 1. The second kappa shape index (κ2) is 7.94. The summed E-state index contributed by atoms with van der Waals surface area (Å²) in [6.45, 7) is 4.25. The molecular formula is C20H20BrN3O2S2. The van der Waals surface area contributed by atoms with E-state index >= 15 is 0 Å². The van der Waals surface area contributed by atoms with E-state index < -0.39 is 10.0 Å². The molecule has 1 fully saturated rings. The van der Waals surface area contributed by atoms with E-state index in [1.54, 1.807) is 39.9 Å². The Bertz CT molecular complexity index is 1070. The van der Waals surface area contributed by atoms with Crippen LogP contribution in [0.1, 0.15) is 5.56 Å². The molecule has 0 N–H and O–H groups in total. The van der Waals surface area contributed by atoms with Crippen LogP contribution in [-0.2, 0) is 10.0 Å². The predicted octanol–water partition coefficient (Wildman–Crippen LogP) is 4.39. The highest BCUT2D eigenvalue weighted by molar-refractivity contribution is 9.10. The summed E-state index contributed by atoms with van der Waals surface area (Å²) < 4.78 is 28.1. The number of halogens is 1. The second-order valence-corrected chi connectivity index (χ2v) is 10.4. The molecule has 5 nitrogen and oxygen atoms in total. The van der Waals surface area contributed by atoms with Crippen LogP contribution in [0.15, 0.2) is 63.3 Å². The first kappa shape index (κ1) is 19.6. The predicted molar refractivity (Wildman–Crippen MR) is 117 cm³/mol. The monoisotopic (exact) mass is 477 g/mol. The molecule has 2 aromatic carbocycles. The van der Waals surface area contributed by atoms with Crippen LogP contribution in [0, 0.1) is 6.92 Å². The summed E-state index contributed by atoms with van der Waals surface area (Å²) in [5.74, 6) is 0. The third kappa shape index (κ3) is 4.00. The normalized spacial score (nSPS) is 15.7. The van der Waals surface area contributed by atoms with Crippen LogP contribution in [0.25, 0.3) is 11.3 Å². The molecule has 0 spiro atoms. The number of hydrogen-bond donors (Lipinski definition) is 0. The van der Waals surface area contributed by atoms with Gasteiger partial charge in [0.15, 0.2) is 5.13 Å². The quantitative estimate of drug-likeness (QED) is 0.558. The Morgan fingerprint density at radius 3 is 2.43 bits per heavy atom. The van der Waals surface area contributed by atoms with Crippen LogP contribution in [0.5, 0.6) is 0 Å². The lowest BCUT2D eigenvalue weighted by Crippen LogP contribution is -2.48. The van der Waals surface area contributed by atoms with Crippen LogP contribution >= 0.6 is 27.3 Å². The van der Waals surface area contributed by atoms with E-state index in [9.17, 15) is 8.42 Å². The minimum atomic E-state index is -3.46. The standard InChI is InChI=1S/C20H20BrN3O2S2/c1-15-3-2-4-16(13-15)19-14-27-20(22-19)23-9-11-24(12-10-23)28(25,26)18-7-5-17(21)6-8-18/h2-8,13-14H,9-12H2,1H3. The first-order chi connectivity index (χ1) is 13.4. The molecule has 0 saturated carbocycles. The Labute approximate surface area is 177 Å². The first-order valence-electron chi connectivity index (χ1n) is 8.97. The highest BCUT2D eigenvalue weighted by Gasteiger charge is 2.29. The number of nitrogens with zero attached hydrogens (tertiary/aromatic N) is 3. The molecule has 28 heavy (non-hydrogen) atoms. The maximum absolute atomic E-state index is 12.8. The summed E-state index contributed by atoms with van der Waals surface area (Å²) in [6.07, 6.45) is 0. The van der Waals surface area contributed by atoms with Crippen molar-refractivity contribution in [2.24, 2.45) is 0 Å². The third-order valence-corrected chi connectivity index (χ3v) is 8.11. The highest BCUT2D eigenvalue weighted by Crippen LogP contribution is 2.29. The zero-order valence-corrected chi connectivity index (χ0v) is 18.6. The van der Waals surface area contributed by atoms with E-state index in [1.807, 2.05) is 6.07 Å². The van der Waals surface area contributed by atoms with Gasteiger partial charge in [-0.1, -0.05) is 39.7 Å². The van der Waals surface area contributed by atoms with Gasteiger partial charge in [-0.3, -0.25) is 0 Å². The van der Waals surface area contributed by atoms with Crippen molar-refractivity contribution in [2.75, 3.05) is 31.1 Å². The molecule has 0 amide bonds. The maximum Gasteiger partial charge on any atom is 0.243 e. The van der Waals surface area contributed by atoms with Crippen molar-refractivity contribution < 1.29 is 8.42 Å². The topological polar surface area (TPSA) is 53.5 Å². The summed E-state index contributed by atoms with van der Waals surface area (Å²) in [5.41, 5.74) is 3.28. The number of sulfonamides is 1. The summed E-state index contributed by atoms with van der Waals surface area (Å²) in [6, 6.07) is 15.1. The number of benzene rings is 2. The first-order valence-corrected chi connectivity index (χ1v) is 12.1. The number of piperazine rings is 1. The molecule has 3 aromatic rings. The third-order valence-electron chi connectivity index (χ3n) is 4.77. The molecule has 0 radical (unpaired) electrons. The van der Waals surface area contributed by atoms with Gasteiger partial charge in [0, 0.05) is 41.6 Å². The van der Waals surface area contributed by atoms with E-state index in [-0.39, 0.29) is 0 Å². The van der Waals surface area contributed by atoms with Gasteiger partial charge in [0.1, 0.15) is 0 Å². The summed E-state index contributed by atoms with van der Waals surface area (Å²) in [4.78, 5) is 7.27. The average molecular weight is 478 g/mol. The highest BCUT2D eigenvalue weighted by atomic mass is 79.9. The summed E-state index contributed by atoms with van der Waals surface area (Å²) in [7, 11) is -3.46. The Hall–Kier alpha value is -1.74. The lowest BCUT2D eigenvalue weighted by molar-refractivity contribution is 0.385. The molecule has 146 valence electrons. The lowest BCUT2D eigenvalue weighted by atomic mass is 10.1. The number of hydrogen-bond acceptors (Lipinski definition) is 5. The van der Waals surface area contributed by atoms with Crippen molar-refractivity contribution in [2.45, 2.75) is 11.8 Å². The van der Waals surface area contributed by atoms with Crippen molar-refractivity contribution in [3.8, 4) is 11.3 Å². The van der Waals surface area contributed by atoms with E-state index in [0.29, 0.717) is 31.1 Å². The van der Waals surface area contributed by atoms with Gasteiger partial charge in [-0.25, -0.2) is 13.4 Å². The Balaban J connectivity index is 1.45. The van der Waals surface area contributed by atoms with Gasteiger partial charge in [0.25, 0.3) is 0 Å². The minimum Gasteiger partial charge on any atom is -0.345 e. The molecule has 1 aliphatic heterocycles. The van der Waals surface area contributed by atoms with Gasteiger partial charge >= 0.3 is 0 Å². The van der Waals surface area contributed by atoms with Gasteiger partial charge in [-0.2, -0.15) is 4.31 Å². The molecule has 1 aromatic heterocycles. The molecule has 0 bridgehead atoms. The average Bonchev–Trinajstić information content (AvgIpc) is 3.19. The number of rotatable bonds is 4. The Kier molecular flexibility index (Phi) is 5.55. The fraction of sp³-hybridized carbons (Fsp3) is 0.250. The fourth-order valence-corrected chi connectivity index (χ4v) is 5.80. The summed E-state index contributed by atoms with van der Waals surface area (Å²) in [5, 5.41) is 3.01. The summed E-state index contributed by atoms with van der Waals surface area (Å²) >= 11 is 4.95. The van der Waals surface area contributed by atoms with Crippen LogP contribution in [0.2, 0.25) is 0 Å². The smallest absolute Gasteiger partial charge is 0.243 e. The van der Waals surface area contributed by atoms with Gasteiger partial charge < -0.3 is 4.90 Å². The van der Waals surface area contributed by atoms with E-state index in [0.717, 1.165) is 20.9 Å². The van der Waals surface area contributed by atoms with Gasteiger partial charge in [0.2, 0.25) is 10.0 Å². The van der Waals surface area contributed by atoms with Crippen molar-refractivity contribution in [3.63, 3.8) is 0 Å². The van der Waals surface area contributed by atoms with E-state index in [1.165, 1.54) is 5.56 Å². The van der Waals surface area contributed by atoms with Gasteiger partial charge in [0.05, 0.1) is 10.6 Å². The molecule has 2 heterocycles. The lowest BCUT2D eigenvalue weighted by Gasteiger charge is -2.33. The van der Waals surface area contributed by atoms with Gasteiger partial charge in [-0.05, 0) is 37.3 Å². The molecule has 0 unspecified atom stereocenters. The van der Waals surface area contributed by atoms with Crippen LogP contribution in [0.3, 0.4) is 0 Å². The zero-order valence-electron chi connectivity index (χ0n) is 15.4. The molecule has 4 rings (SSSR count). The zero-order chi connectivity index (χ0) is 19.7. The number of thiazole rings is 1. The van der Waals surface area contributed by atoms with Crippen molar-refractivity contribution in [1.29, 1.82) is 0 Å². The number of anilines is 1. The molecule has 1 saturated heterocycles. The van der Waals surface area contributed by atoms with Crippen LogP contribution < -0.4 is 4.90 Å². The second-order valence-electron chi connectivity index (χ2n) is 6.73. The molecular weight excluding hydrogens is 458 g/mol. The minimum absolute atomic E-state index is 0.333. The Morgan fingerprint density at radius 1 is 1.04 bits per heavy atom. The largest absolute Gasteiger partial charge is 0.345 e. The molecule has 0 atom stereocenters. The van der Waals surface area contributed by atoms with Crippen molar-refractivity contribution in [3.05, 3.63) is 63.9 Å². The Morgan fingerprint density at radius 2 is 1.75 bits per heavy atom. The molecule has 0 aliphatic carbocycles. The van der Waals surface area contributed by atoms with Crippen molar-refractivity contribution in [1.82, 2.24) is 9.29 Å². The van der Waals surface area contributed by atoms with Crippen molar-refractivity contribution >= 4 is 42.4 Å². The van der Waals surface area contributed by atoms with Crippen LogP contribution in [0.4, 0.5) is 5.13 Å². The van der Waals surface area contributed by atoms with E-state index in [4.69, 9.17) is 4.98 Å². The van der Waals surface area contributed by atoms with Crippen LogP contribution in [-0.4, -0.2) is 43.9 Å².